The average molecular weight is 299 g/mol. The van der Waals surface area contributed by atoms with Gasteiger partial charge in [-0.25, -0.2) is 4.79 Å². The van der Waals surface area contributed by atoms with Gasteiger partial charge in [0.15, 0.2) is 0 Å². The van der Waals surface area contributed by atoms with Crippen LogP contribution in [0.1, 0.15) is 40.2 Å². The molecule has 0 saturated heterocycles. The minimum absolute atomic E-state index is 0.0289. The van der Waals surface area contributed by atoms with Crippen LogP contribution in [0.15, 0.2) is 18.2 Å². The van der Waals surface area contributed by atoms with E-state index in [0.29, 0.717) is 17.3 Å². The van der Waals surface area contributed by atoms with Gasteiger partial charge in [-0.15, -0.1) is 0 Å². The van der Waals surface area contributed by atoms with Gasteiger partial charge in [-0.2, -0.15) is 0 Å². The van der Waals surface area contributed by atoms with Gasteiger partial charge in [0.1, 0.15) is 5.60 Å². The van der Waals surface area contributed by atoms with Crippen molar-refractivity contribution in [3.63, 3.8) is 0 Å². The van der Waals surface area contributed by atoms with Crippen LogP contribution in [0.2, 0.25) is 5.02 Å². The van der Waals surface area contributed by atoms with Crippen molar-refractivity contribution in [3.05, 3.63) is 28.8 Å². The Morgan fingerprint density at radius 2 is 2.00 bits per heavy atom. The smallest absolute Gasteiger partial charge is 0.410 e. The van der Waals surface area contributed by atoms with Crippen LogP contribution in [0.4, 0.5) is 10.5 Å². The second-order valence-corrected chi connectivity index (χ2v) is 6.47. The number of carbonyl (C=O) groups excluding carboxylic acids is 1. The minimum Gasteiger partial charge on any atom is -0.444 e. The zero-order valence-electron chi connectivity index (χ0n) is 12.7. The van der Waals surface area contributed by atoms with Crippen molar-refractivity contribution in [1.82, 2.24) is 4.90 Å². The highest BCUT2D eigenvalue weighted by molar-refractivity contribution is 6.33. The van der Waals surface area contributed by atoms with Crippen molar-refractivity contribution in [2.75, 3.05) is 5.73 Å². The SMILES string of the molecule is CC(C)N(Cc1ccc(N)c(Cl)c1)C(=O)OC(C)(C)C. The number of nitrogens with two attached hydrogens (primary N) is 1. The number of hydrogen-bond acceptors (Lipinski definition) is 3. The van der Waals surface area contributed by atoms with Crippen LogP contribution in [-0.2, 0) is 11.3 Å². The lowest BCUT2D eigenvalue weighted by atomic mass is 10.1. The van der Waals surface area contributed by atoms with Crippen molar-refractivity contribution in [2.45, 2.75) is 52.8 Å². The number of benzene rings is 1. The first kappa shape index (κ1) is 16.6. The molecule has 1 aromatic carbocycles. The van der Waals surface area contributed by atoms with Gasteiger partial charge in [0.05, 0.1) is 10.7 Å². The highest BCUT2D eigenvalue weighted by Gasteiger charge is 2.24. The van der Waals surface area contributed by atoms with Crippen LogP contribution < -0.4 is 5.73 Å². The lowest BCUT2D eigenvalue weighted by Crippen LogP contribution is -2.40. The van der Waals surface area contributed by atoms with Crippen molar-refractivity contribution in [3.8, 4) is 0 Å². The number of carbonyl (C=O) groups is 1. The Morgan fingerprint density at radius 1 is 1.40 bits per heavy atom. The summed E-state index contributed by atoms with van der Waals surface area (Å²) in [4.78, 5) is 13.9. The number of hydrogen-bond donors (Lipinski definition) is 1. The van der Waals surface area contributed by atoms with Gasteiger partial charge in [0.2, 0.25) is 0 Å². The summed E-state index contributed by atoms with van der Waals surface area (Å²) in [5.74, 6) is 0. The van der Waals surface area contributed by atoms with E-state index >= 15 is 0 Å². The molecule has 4 nitrogen and oxygen atoms in total. The monoisotopic (exact) mass is 298 g/mol. The molecule has 0 fully saturated rings. The Bertz CT molecular complexity index is 481. The largest absolute Gasteiger partial charge is 0.444 e. The number of nitrogen functional groups attached to an aromatic ring is 1. The number of nitrogens with zero attached hydrogens (tertiary/aromatic N) is 1. The lowest BCUT2D eigenvalue weighted by Gasteiger charge is -2.30. The summed E-state index contributed by atoms with van der Waals surface area (Å²) in [7, 11) is 0. The fraction of sp³-hybridized carbons (Fsp3) is 0.533. The first-order valence-corrected chi connectivity index (χ1v) is 7.01. The average Bonchev–Trinajstić information content (AvgIpc) is 2.27. The third kappa shape index (κ3) is 4.93. The summed E-state index contributed by atoms with van der Waals surface area (Å²) in [6, 6.07) is 5.41. The topological polar surface area (TPSA) is 55.6 Å². The molecule has 0 heterocycles. The van der Waals surface area contributed by atoms with Crippen molar-refractivity contribution in [2.24, 2.45) is 0 Å². The van der Waals surface area contributed by atoms with Crippen LogP contribution in [0.3, 0.4) is 0 Å². The molecule has 5 heteroatoms. The molecule has 0 radical (unpaired) electrons. The van der Waals surface area contributed by atoms with E-state index in [1.165, 1.54) is 0 Å². The summed E-state index contributed by atoms with van der Waals surface area (Å²) in [6.07, 6.45) is -0.333. The van der Waals surface area contributed by atoms with Crippen molar-refractivity contribution < 1.29 is 9.53 Å². The zero-order valence-corrected chi connectivity index (χ0v) is 13.5. The van der Waals surface area contributed by atoms with Gasteiger partial charge in [0, 0.05) is 12.6 Å². The molecule has 0 saturated carbocycles. The molecule has 0 aliphatic rings. The normalized spacial score (nSPS) is 11.6. The van der Waals surface area contributed by atoms with Crippen molar-refractivity contribution in [1.29, 1.82) is 0 Å². The second-order valence-electron chi connectivity index (χ2n) is 6.06. The molecule has 1 amide bonds. The Kier molecular flexibility index (Phi) is 5.28. The van der Waals surface area contributed by atoms with Crippen molar-refractivity contribution >= 4 is 23.4 Å². The molecular formula is C15H23ClN2O2. The molecule has 0 bridgehead atoms. The minimum atomic E-state index is -0.511. The summed E-state index contributed by atoms with van der Waals surface area (Å²) in [5.41, 5.74) is 6.63. The number of amides is 1. The van der Waals surface area contributed by atoms with E-state index in [2.05, 4.69) is 0 Å². The Hall–Kier alpha value is -1.42. The van der Waals surface area contributed by atoms with E-state index in [-0.39, 0.29) is 12.1 Å². The van der Waals surface area contributed by atoms with Gasteiger partial charge in [0.25, 0.3) is 0 Å². The second kappa shape index (κ2) is 6.35. The molecule has 20 heavy (non-hydrogen) atoms. The summed E-state index contributed by atoms with van der Waals surface area (Å²) in [6.45, 7) is 9.88. The maximum atomic E-state index is 12.2. The summed E-state index contributed by atoms with van der Waals surface area (Å²) < 4.78 is 5.42. The van der Waals surface area contributed by atoms with Crippen LogP contribution in [0.5, 0.6) is 0 Å². The van der Waals surface area contributed by atoms with Gasteiger partial charge in [-0.1, -0.05) is 17.7 Å². The van der Waals surface area contributed by atoms with E-state index in [0.717, 1.165) is 5.56 Å². The molecule has 1 rings (SSSR count). The first-order valence-electron chi connectivity index (χ1n) is 6.63. The maximum absolute atomic E-state index is 12.2. The van der Waals surface area contributed by atoms with Gasteiger partial charge < -0.3 is 15.4 Å². The molecule has 1 aromatic rings. The molecule has 0 unspecified atom stereocenters. The van der Waals surface area contributed by atoms with E-state index in [9.17, 15) is 4.79 Å². The Balaban J connectivity index is 2.87. The first-order chi connectivity index (χ1) is 9.10. The van der Waals surface area contributed by atoms with Crippen LogP contribution in [0, 0.1) is 0 Å². The van der Waals surface area contributed by atoms with E-state index in [1.807, 2.05) is 40.7 Å². The van der Waals surface area contributed by atoms with E-state index < -0.39 is 5.60 Å². The standard InChI is InChI=1S/C15H23ClN2O2/c1-10(2)18(14(19)20-15(3,4)5)9-11-6-7-13(17)12(16)8-11/h6-8,10H,9,17H2,1-5H3. The molecule has 0 aliphatic heterocycles. The number of rotatable bonds is 3. The summed E-state index contributed by atoms with van der Waals surface area (Å²) in [5, 5.41) is 0.496. The third-order valence-electron chi connectivity index (χ3n) is 2.67. The van der Waals surface area contributed by atoms with E-state index in [1.54, 1.807) is 17.0 Å². The predicted octanol–water partition coefficient (Wildman–Crippen LogP) is 4.07. The fourth-order valence-corrected chi connectivity index (χ4v) is 1.85. The Labute approximate surface area is 125 Å². The number of halogens is 1. The summed E-state index contributed by atoms with van der Waals surface area (Å²) >= 11 is 6.00. The highest BCUT2D eigenvalue weighted by Crippen LogP contribution is 2.22. The van der Waals surface area contributed by atoms with Gasteiger partial charge >= 0.3 is 6.09 Å². The Morgan fingerprint density at radius 3 is 2.45 bits per heavy atom. The molecule has 2 N–H and O–H groups in total. The lowest BCUT2D eigenvalue weighted by molar-refractivity contribution is 0.0172. The molecule has 112 valence electrons. The third-order valence-corrected chi connectivity index (χ3v) is 3.00. The van der Waals surface area contributed by atoms with Gasteiger partial charge in [-0.05, 0) is 52.3 Å². The highest BCUT2D eigenvalue weighted by atomic mass is 35.5. The number of anilines is 1. The molecular weight excluding hydrogens is 276 g/mol. The van der Waals surface area contributed by atoms with E-state index in [4.69, 9.17) is 22.1 Å². The molecule has 0 aliphatic carbocycles. The molecule has 0 atom stereocenters. The quantitative estimate of drug-likeness (QED) is 0.856. The number of ether oxygens (including phenoxy) is 1. The maximum Gasteiger partial charge on any atom is 0.410 e. The predicted molar refractivity (Wildman–Crippen MR) is 82.8 cm³/mol. The molecule has 0 aromatic heterocycles. The zero-order chi connectivity index (χ0) is 15.5. The van der Waals surface area contributed by atoms with Crippen LogP contribution in [-0.4, -0.2) is 22.6 Å². The fourth-order valence-electron chi connectivity index (χ4n) is 1.64. The van der Waals surface area contributed by atoms with Crippen LogP contribution >= 0.6 is 11.6 Å². The molecule has 0 spiro atoms. The van der Waals surface area contributed by atoms with Crippen LogP contribution in [0.25, 0.3) is 0 Å². The van der Waals surface area contributed by atoms with Gasteiger partial charge in [-0.3, -0.25) is 0 Å².